The normalized spacial score (nSPS) is 15.4. The third kappa shape index (κ3) is 4.86. The molecule has 0 spiro atoms. The maximum Gasteiger partial charge on any atom is 0.410 e. The van der Waals surface area contributed by atoms with Gasteiger partial charge in [-0.1, -0.05) is 0 Å². The lowest BCUT2D eigenvalue weighted by Gasteiger charge is -2.34. The molecule has 164 valence electrons. The van der Waals surface area contributed by atoms with Gasteiger partial charge in [-0.2, -0.15) is 0 Å². The van der Waals surface area contributed by atoms with Crippen molar-refractivity contribution in [2.24, 2.45) is 13.0 Å². The van der Waals surface area contributed by atoms with Crippen molar-refractivity contribution in [2.75, 3.05) is 26.7 Å². The second kappa shape index (κ2) is 8.53. The van der Waals surface area contributed by atoms with Gasteiger partial charge in [-0.05, 0) is 52.0 Å². The maximum absolute atomic E-state index is 13.0. The summed E-state index contributed by atoms with van der Waals surface area (Å²) in [5.74, 6) is 0.368. The molecule has 1 aliphatic rings. The van der Waals surface area contributed by atoms with Crippen LogP contribution in [0.5, 0.6) is 0 Å². The zero-order valence-electron chi connectivity index (χ0n) is 18.5. The van der Waals surface area contributed by atoms with Gasteiger partial charge in [-0.25, -0.2) is 4.79 Å². The Balaban J connectivity index is 1.55. The van der Waals surface area contributed by atoms with Crippen molar-refractivity contribution in [1.82, 2.24) is 19.4 Å². The minimum absolute atomic E-state index is 0.0959. The number of aromatic amines is 1. The van der Waals surface area contributed by atoms with Crippen molar-refractivity contribution in [1.29, 1.82) is 0 Å². The molecule has 3 heterocycles. The van der Waals surface area contributed by atoms with E-state index in [1.165, 1.54) is 4.57 Å². The van der Waals surface area contributed by atoms with E-state index in [0.29, 0.717) is 42.0 Å². The van der Waals surface area contributed by atoms with Crippen LogP contribution in [-0.4, -0.2) is 63.6 Å². The summed E-state index contributed by atoms with van der Waals surface area (Å²) in [5, 5.41) is 0.653. The zero-order valence-corrected chi connectivity index (χ0v) is 18.5. The number of rotatable bonds is 4. The Morgan fingerprint density at radius 1 is 1.27 bits per heavy atom. The van der Waals surface area contributed by atoms with Gasteiger partial charge in [0.2, 0.25) is 0 Å². The van der Waals surface area contributed by atoms with Gasteiger partial charge in [0.1, 0.15) is 11.1 Å². The maximum atomic E-state index is 13.0. The molecule has 0 saturated carbocycles. The molecule has 0 aliphatic carbocycles. The summed E-state index contributed by atoms with van der Waals surface area (Å²) < 4.78 is 6.88. The van der Waals surface area contributed by atoms with E-state index in [0.717, 1.165) is 19.3 Å². The number of nitrogens with one attached hydrogen (secondary N) is 1. The van der Waals surface area contributed by atoms with Gasteiger partial charge >= 0.3 is 6.09 Å². The van der Waals surface area contributed by atoms with Crippen molar-refractivity contribution in [3.8, 4) is 0 Å². The first-order valence-electron chi connectivity index (χ1n) is 10.5. The van der Waals surface area contributed by atoms with Gasteiger partial charge < -0.3 is 24.1 Å². The lowest BCUT2D eigenvalue weighted by Crippen LogP contribution is -2.42. The van der Waals surface area contributed by atoms with Gasteiger partial charge in [-0.3, -0.25) is 9.59 Å². The first-order valence-corrected chi connectivity index (χ1v) is 10.5. The monoisotopic (exact) mass is 416 g/mol. The first-order chi connectivity index (χ1) is 14.1. The van der Waals surface area contributed by atoms with Crippen LogP contribution < -0.4 is 5.56 Å². The summed E-state index contributed by atoms with van der Waals surface area (Å²) in [6.45, 7) is 7.61. The number of aromatic nitrogens is 2. The van der Waals surface area contributed by atoms with E-state index in [1.54, 1.807) is 42.4 Å². The Bertz CT molecular complexity index is 977. The van der Waals surface area contributed by atoms with Crippen molar-refractivity contribution in [3.63, 3.8) is 0 Å². The van der Waals surface area contributed by atoms with E-state index >= 15 is 0 Å². The molecule has 0 aromatic carbocycles. The number of H-pyrrole nitrogens is 1. The van der Waals surface area contributed by atoms with E-state index in [-0.39, 0.29) is 17.6 Å². The lowest BCUT2D eigenvalue weighted by molar-refractivity contribution is 0.0179. The summed E-state index contributed by atoms with van der Waals surface area (Å²) in [6.07, 6.45) is 5.73. The first kappa shape index (κ1) is 21.9. The van der Waals surface area contributed by atoms with Crippen LogP contribution in [0, 0.1) is 5.92 Å². The number of ether oxygens (including phenoxy) is 1. The van der Waals surface area contributed by atoms with E-state index < -0.39 is 5.60 Å². The topological polar surface area (TPSA) is 87.6 Å². The fourth-order valence-corrected chi connectivity index (χ4v) is 3.85. The molecule has 1 fully saturated rings. The molecular formula is C22H32N4O4. The third-order valence-corrected chi connectivity index (χ3v) is 5.61. The number of likely N-dealkylation sites (tertiary alicyclic amines) is 1. The molecule has 0 bridgehead atoms. The van der Waals surface area contributed by atoms with Crippen molar-refractivity contribution in [3.05, 3.63) is 34.4 Å². The number of pyridine rings is 1. The Morgan fingerprint density at radius 3 is 2.57 bits per heavy atom. The molecule has 0 atom stereocenters. The van der Waals surface area contributed by atoms with Crippen LogP contribution in [0.4, 0.5) is 4.79 Å². The average molecular weight is 417 g/mol. The fourth-order valence-electron chi connectivity index (χ4n) is 3.85. The van der Waals surface area contributed by atoms with E-state index in [2.05, 4.69) is 4.98 Å². The van der Waals surface area contributed by atoms with Gasteiger partial charge in [0.05, 0.1) is 5.56 Å². The highest BCUT2D eigenvalue weighted by atomic mass is 16.6. The van der Waals surface area contributed by atoms with Crippen molar-refractivity contribution in [2.45, 2.75) is 45.6 Å². The van der Waals surface area contributed by atoms with Crippen LogP contribution in [0.1, 0.15) is 50.4 Å². The van der Waals surface area contributed by atoms with Gasteiger partial charge in [0, 0.05) is 51.5 Å². The molecular weight excluding hydrogens is 384 g/mol. The summed E-state index contributed by atoms with van der Waals surface area (Å²) in [5.41, 5.74) is 0.343. The van der Waals surface area contributed by atoms with Gasteiger partial charge in [0.15, 0.2) is 0 Å². The number of hydrogen-bond acceptors (Lipinski definition) is 4. The average Bonchev–Trinajstić information content (AvgIpc) is 3.17. The van der Waals surface area contributed by atoms with Gasteiger partial charge in [0.25, 0.3) is 11.5 Å². The molecule has 2 aromatic heterocycles. The number of fused-ring (bicyclic) bond motifs is 1. The lowest BCUT2D eigenvalue weighted by atomic mass is 9.93. The molecule has 0 radical (unpaired) electrons. The quantitative estimate of drug-likeness (QED) is 0.830. The third-order valence-electron chi connectivity index (χ3n) is 5.61. The molecule has 8 nitrogen and oxygen atoms in total. The highest BCUT2D eigenvalue weighted by molar-refractivity contribution is 6.05. The highest BCUT2D eigenvalue weighted by Crippen LogP contribution is 2.23. The second-order valence-corrected chi connectivity index (χ2v) is 9.15. The fraction of sp³-hybridized carbons (Fsp3) is 0.591. The van der Waals surface area contributed by atoms with E-state index in [9.17, 15) is 14.4 Å². The van der Waals surface area contributed by atoms with Crippen molar-refractivity contribution < 1.29 is 14.3 Å². The number of nitrogens with zero attached hydrogens (tertiary/aromatic N) is 3. The minimum atomic E-state index is -0.483. The number of aryl methyl sites for hydroxylation is 1. The zero-order chi connectivity index (χ0) is 22.1. The smallest absolute Gasteiger partial charge is 0.410 e. The molecule has 0 unspecified atom stereocenters. The van der Waals surface area contributed by atoms with Crippen LogP contribution in [0.2, 0.25) is 0 Å². The van der Waals surface area contributed by atoms with Crippen molar-refractivity contribution >= 4 is 22.9 Å². The second-order valence-electron chi connectivity index (χ2n) is 9.15. The van der Waals surface area contributed by atoms with Crippen LogP contribution >= 0.6 is 0 Å². The number of carbonyl (C=O) groups is 2. The highest BCUT2D eigenvalue weighted by Gasteiger charge is 2.27. The number of hydrogen-bond donors (Lipinski definition) is 1. The molecule has 1 aliphatic heterocycles. The Labute approximate surface area is 176 Å². The summed E-state index contributed by atoms with van der Waals surface area (Å²) >= 11 is 0. The molecule has 2 aromatic rings. The Morgan fingerprint density at radius 2 is 1.93 bits per heavy atom. The molecule has 1 saturated heterocycles. The standard InChI is InChI=1S/C22H32N4O4/c1-22(2,3)30-21(29)26-12-8-15(9-13-26)7-11-24(4)19(27)17-14-25(5)20(28)18-16(17)6-10-23-18/h6,10,14-15,23H,7-9,11-13H2,1-5H3. The molecule has 30 heavy (non-hydrogen) atoms. The predicted octanol–water partition coefficient (Wildman–Crippen LogP) is 2.98. The summed E-state index contributed by atoms with van der Waals surface area (Å²) in [4.78, 5) is 43.8. The molecule has 2 amide bonds. The summed E-state index contributed by atoms with van der Waals surface area (Å²) in [6, 6.07) is 1.77. The van der Waals surface area contributed by atoms with Crippen LogP contribution in [0.25, 0.3) is 10.9 Å². The molecule has 8 heteroatoms. The van der Waals surface area contributed by atoms with E-state index in [4.69, 9.17) is 4.74 Å². The Hall–Kier alpha value is -2.77. The summed E-state index contributed by atoms with van der Waals surface area (Å²) in [7, 11) is 3.44. The SMILES string of the molecule is CN(CCC1CCN(C(=O)OC(C)(C)C)CC1)C(=O)c1cn(C)c(=O)c2[nH]ccc12. The Kier molecular flexibility index (Phi) is 6.24. The van der Waals surface area contributed by atoms with Gasteiger partial charge in [-0.15, -0.1) is 0 Å². The number of carbonyl (C=O) groups excluding carboxylic acids is 2. The predicted molar refractivity (Wildman–Crippen MR) is 116 cm³/mol. The number of piperidine rings is 1. The largest absolute Gasteiger partial charge is 0.444 e. The van der Waals surface area contributed by atoms with E-state index in [1.807, 2.05) is 20.8 Å². The minimum Gasteiger partial charge on any atom is -0.444 e. The molecule has 1 N–H and O–H groups in total. The van der Waals surface area contributed by atoms with Crippen LogP contribution in [-0.2, 0) is 11.8 Å². The molecule has 3 rings (SSSR count). The van der Waals surface area contributed by atoms with Crippen LogP contribution in [0.3, 0.4) is 0 Å². The number of amides is 2. The van der Waals surface area contributed by atoms with Crippen LogP contribution in [0.15, 0.2) is 23.3 Å².